The Morgan fingerprint density at radius 3 is 2.50 bits per heavy atom. The largest absolute Gasteiger partial charge is 0.483 e. The highest BCUT2D eigenvalue weighted by molar-refractivity contribution is 5.78. The number of benzene rings is 1. The molecular formula is C17H25NO2. The third-order valence-corrected chi connectivity index (χ3v) is 3.69. The van der Waals surface area contributed by atoms with Gasteiger partial charge in [0, 0.05) is 12.6 Å². The van der Waals surface area contributed by atoms with E-state index < -0.39 is 0 Å². The summed E-state index contributed by atoms with van der Waals surface area (Å²) >= 11 is 0. The first-order valence-electron chi connectivity index (χ1n) is 7.45. The van der Waals surface area contributed by atoms with Crippen molar-refractivity contribution in [1.82, 2.24) is 4.90 Å². The summed E-state index contributed by atoms with van der Waals surface area (Å²) in [6.07, 6.45) is 2.27. The van der Waals surface area contributed by atoms with E-state index in [9.17, 15) is 4.79 Å². The summed E-state index contributed by atoms with van der Waals surface area (Å²) < 4.78 is 5.79. The molecule has 0 spiro atoms. The number of carbonyl (C=O) groups excluding carboxylic acids is 1. The predicted molar refractivity (Wildman–Crippen MR) is 81.0 cm³/mol. The first-order valence-corrected chi connectivity index (χ1v) is 7.45. The smallest absolute Gasteiger partial charge is 0.260 e. The quantitative estimate of drug-likeness (QED) is 0.824. The Balaban J connectivity index is 2.02. The molecule has 110 valence electrons. The van der Waals surface area contributed by atoms with Gasteiger partial charge in [-0.05, 0) is 36.8 Å². The summed E-state index contributed by atoms with van der Waals surface area (Å²) in [5.74, 6) is 0.916. The Morgan fingerprint density at radius 2 is 1.95 bits per heavy atom. The van der Waals surface area contributed by atoms with E-state index in [0.29, 0.717) is 6.04 Å². The molecule has 0 atom stereocenters. The molecule has 0 saturated heterocycles. The van der Waals surface area contributed by atoms with Gasteiger partial charge in [-0.2, -0.15) is 0 Å². The number of likely N-dealkylation sites (N-methyl/N-ethyl adjacent to an activating group) is 1. The zero-order valence-corrected chi connectivity index (χ0v) is 13.0. The minimum Gasteiger partial charge on any atom is -0.483 e. The normalized spacial score (nSPS) is 15.0. The zero-order chi connectivity index (χ0) is 14.8. The number of amides is 1. The average molecular weight is 275 g/mol. The fraction of sp³-hybridized carbons (Fsp3) is 0.588. The van der Waals surface area contributed by atoms with Crippen LogP contribution in [0.25, 0.3) is 0 Å². The van der Waals surface area contributed by atoms with Crippen LogP contribution in [0, 0.1) is 0 Å². The van der Waals surface area contributed by atoms with Crippen molar-refractivity contribution in [2.75, 3.05) is 13.2 Å². The summed E-state index contributed by atoms with van der Waals surface area (Å²) in [6.45, 7) is 9.39. The molecule has 0 aromatic heterocycles. The minimum atomic E-state index is 0.0145. The van der Waals surface area contributed by atoms with Crippen LogP contribution in [-0.4, -0.2) is 30.0 Å². The second-order valence-corrected chi connectivity index (χ2v) is 6.45. The second kappa shape index (κ2) is 5.86. The van der Waals surface area contributed by atoms with Gasteiger partial charge in [-0.1, -0.05) is 39.0 Å². The number of hydrogen-bond donors (Lipinski definition) is 0. The van der Waals surface area contributed by atoms with Gasteiger partial charge in [0.15, 0.2) is 6.61 Å². The van der Waals surface area contributed by atoms with Gasteiger partial charge in [0.05, 0.1) is 0 Å². The van der Waals surface area contributed by atoms with Gasteiger partial charge in [0.1, 0.15) is 5.75 Å². The predicted octanol–water partition coefficient (Wildman–Crippen LogP) is 3.37. The number of rotatable bonds is 5. The highest BCUT2D eigenvalue weighted by Gasteiger charge is 2.31. The molecule has 0 radical (unpaired) electrons. The molecule has 1 aromatic rings. The van der Waals surface area contributed by atoms with Crippen LogP contribution in [0.15, 0.2) is 24.3 Å². The molecule has 0 unspecified atom stereocenters. The van der Waals surface area contributed by atoms with E-state index in [0.717, 1.165) is 30.7 Å². The molecule has 0 aliphatic heterocycles. The lowest BCUT2D eigenvalue weighted by Gasteiger charge is -2.24. The maximum Gasteiger partial charge on any atom is 0.260 e. The van der Waals surface area contributed by atoms with E-state index in [-0.39, 0.29) is 17.9 Å². The van der Waals surface area contributed by atoms with E-state index in [1.54, 1.807) is 0 Å². The molecule has 3 heteroatoms. The molecule has 0 N–H and O–H groups in total. The van der Waals surface area contributed by atoms with Gasteiger partial charge in [-0.3, -0.25) is 4.79 Å². The minimum absolute atomic E-state index is 0.0145. The van der Waals surface area contributed by atoms with Crippen LogP contribution in [0.1, 0.15) is 46.1 Å². The fourth-order valence-electron chi connectivity index (χ4n) is 2.46. The molecule has 0 heterocycles. The fourth-order valence-corrected chi connectivity index (χ4v) is 2.46. The SMILES string of the molecule is CCN(C(=O)COc1ccccc1C(C)(C)C)C1CC1. The Kier molecular flexibility index (Phi) is 4.36. The van der Waals surface area contributed by atoms with E-state index in [1.807, 2.05) is 30.0 Å². The lowest BCUT2D eigenvalue weighted by atomic mass is 9.86. The third kappa shape index (κ3) is 3.53. The highest BCUT2D eigenvalue weighted by Crippen LogP contribution is 2.31. The third-order valence-electron chi connectivity index (χ3n) is 3.69. The van der Waals surface area contributed by atoms with E-state index in [2.05, 4.69) is 26.8 Å². The van der Waals surface area contributed by atoms with Crippen LogP contribution < -0.4 is 4.74 Å². The van der Waals surface area contributed by atoms with Crippen molar-refractivity contribution in [2.24, 2.45) is 0 Å². The first-order chi connectivity index (χ1) is 9.43. The number of ether oxygens (including phenoxy) is 1. The zero-order valence-electron chi connectivity index (χ0n) is 13.0. The molecule has 1 aliphatic rings. The van der Waals surface area contributed by atoms with Crippen molar-refractivity contribution in [3.63, 3.8) is 0 Å². The van der Waals surface area contributed by atoms with Gasteiger partial charge < -0.3 is 9.64 Å². The Bertz CT molecular complexity index is 472. The molecule has 1 saturated carbocycles. The summed E-state index contributed by atoms with van der Waals surface area (Å²) in [5.41, 5.74) is 1.16. The van der Waals surface area contributed by atoms with Crippen molar-refractivity contribution in [3.05, 3.63) is 29.8 Å². The molecule has 1 aliphatic carbocycles. The summed E-state index contributed by atoms with van der Waals surface area (Å²) in [5, 5.41) is 0. The van der Waals surface area contributed by atoms with Crippen molar-refractivity contribution < 1.29 is 9.53 Å². The number of para-hydroxylation sites is 1. The van der Waals surface area contributed by atoms with Gasteiger partial charge >= 0.3 is 0 Å². The van der Waals surface area contributed by atoms with E-state index in [1.165, 1.54) is 0 Å². The molecular weight excluding hydrogens is 250 g/mol. The molecule has 2 rings (SSSR count). The van der Waals surface area contributed by atoms with E-state index >= 15 is 0 Å². The molecule has 1 fully saturated rings. The standard InChI is InChI=1S/C17H25NO2/c1-5-18(13-10-11-13)16(19)12-20-15-9-7-6-8-14(15)17(2,3)4/h6-9,13H,5,10-12H2,1-4H3. The van der Waals surface area contributed by atoms with Gasteiger partial charge in [-0.15, -0.1) is 0 Å². The Labute approximate surface area is 121 Å². The van der Waals surface area contributed by atoms with Crippen molar-refractivity contribution in [3.8, 4) is 5.75 Å². The van der Waals surface area contributed by atoms with Gasteiger partial charge in [0.25, 0.3) is 5.91 Å². The van der Waals surface area contributed by atoms with E-state index in [4.69, 9.17) is 4.74 Å². The van der Waals surface area contributed by atoms with Gasteiger partial charge in [-0.25, -0.2) is 0 Å². The average Bonchev–Trinajstić information content (AvgIpc) is 3.21. The Morgan fingerprint density at radius 1 is 1.30 bits per heavy atom. The monoisotopic (exact) mass is 275 g/mol. The molecule has 3 nitrogen and oxygen atoms in total. The van der Waals surface area contributed by atoms with Crippen LogP contribution in [0.4, 0.5) is 0 Å². The van der Waals surface area contributed by atoms with Crippen LogP contribution in [0.5, 0.6) is 5.75 Å². The second-order valence-electron chi connectivity index (χ2n) is 6.45. The van der Waals surface area contributed by atoms with Crippen LogP contribution >= 0.6 is 0 Å². The molecule has 20 heavy (non-hydrogen) atoms. The van der Waals surface area contributed by atoms with Crippen LogP contribution in [0.3, 0.4) is 0 Å². The Hall–Kier alpha value is -1.51. The highest BCUT2D eigenvalue weighted by atomic mass is 16.5. The van der Waals surface area contributed by atoms with Crippen LogP contribution in [-0.2, 0) is 10.2 Å². The summed E-state index contributed by atoms with van der Waals surface area (Å²) in [6, 6.07) is 8.43. The summed E-state index contributed by atoms with van der Waals surface area (Å²) in [4.78, 5) is 14.1. The first kappa shape index (κ1) is 14.9. The lowest BCUT2D eigenvalue weighted by molar-refractivity contribution is -0.133. The number of nitrogens with zero attached hydrogens (tertiary/aromatic N) is 1. The molecule has 1 amide bonds. The van der Waals surface area contributed by atoms with Crippen molar-refractivity contribution in [2.45, 2.75) is 52.0 Å². The van der Waals surface area contributed by atoms with Crippen LogP contribution in [0.2, 0.25) is 0 Å². The topological polar surface area (TPSA) is 29.5 Å². The molecule has 1 aromatic carbocycles. The van der Waals surface area contributed by atoms with Gasteiger partial charge in [0.2, 0.25) is 0 Å². The maximum atomic E-state index is 12.2. The van der Waals surface area contributed by atoms with Crippen molar-refractivity contribution in [1.29, 1.82) is 0 Å². The number of hydrogen-bond acceptors (Lipinski definition) is 2. The number of carbonyl (C=O) groups is 1. The summed E-state index contributed by atoms with van der Waals surface area (Å²) in [7, 11) is 0. The van der Waals surface area contributed by atoms with Crippen molar-refractivity contribution >= 4 is 5.91 Å². The lowest BCUT2D eigenvalue weighted by Crippen LogP contribution is -2.36. The molecule has 0 bridgehead atoms. The maximum absolute atomic E-state index is 12.2.